The van der Waals surface area contributed by atoms with Crippen molar-refractivity contribution in [3.8, 4) is 0 Å². The molecule has 1 saturated heterocycles. The molecule has 0 amide bonds. The number of rotatable bonds is 8. The molecule has 184 valence electrons. The van der Waals surface area contributed by atoms with E-state index in [1.54, 1.807) is 0 Å². The molecule has 0 aromatic heterocycles. The van der Waals surface area contributed by atoms with Gasteiger partial charge in [0.1, 0.15) is 11.6 Å². The maximum Gasteiger partial charge on any atom is 0.323 e. The van der Waals surface area contributed by atoms with Crippen LogP contribution in [0.5, 0.6) is 0 Å². The van der Waals surface area contributed by atoms with Crippen molar-refractivity contribution in [1.29, 1.82) is 0 Å². The molecule has 0 N–H and O–H groups in total. The summed E-state index contributed by atoms with van der Waals surface area (Å²) in [7, 11) is 1.37. The van der Waals surface area contributed by atoms with Gasteiger partial charge >= 0.3 is 11.9 Å². The normalized spacial score (nSPS) is 18.6. The second kappa shape index (κ2) is 13.0. The van der Waals surface area contributed by atoms with Crippen molar-refractivity contribution < 1.29 is 19.1 Å². The summed E-state index contributed by atoms with van der Waals surface area (Å²) in [6.07, 6.45) is 0.391. The van der Waals surface area contributed by atoms with E-state index >= 15 is 0 Å². The summed E-state index contributed by atoms with van der Waals surface area (Å²) in [5.41, 5.74) is 8.21. The molecule has 0 bridgehead atoms. The summed E-state index contributed by atoms with van der Waals surface area (Å²) >= 11 is 0. The fourth-order valence-electron chi connectivity index (χ4n) is 3.82. The Bertz CT molecular complexity index is 652. The molecule has 0 aromatic carbocycles. The first-order chi connectivity index (χ1) is 14.8. The third-order valence-electron chi connectivity index (χ3n) is 5.09. The minimum absolute atomic E-state index is 0.123. The number of hydrogen-bond donors (Lipinski definition) is 0. The Labute approximate surface area is 192 Å². The van der Waals surface area contributed by atoms with E-state index < -0.39 is 11.6 Å². The van der Waals surface area contributed by atoms with Crippen molar-refractivity contribution in [3.05, 3.63) is 10.4 Å². The smallest absolute Gasteiger partial charge is 0.323 e. The quantitative estimate of drug-likeness (QED) is 0.240. The molecule has 0 aromatic rings. The lowest BCUT2D eigenvalue weighted by atomic mass is 9.96. The van der Waals surface area contributed by atoms with Gasteiger partial charge in [0.05, 0.1) is 13.7 Å². The molecule has 1 fully saturated rings. The van der Waals surface area contributed by atoms with E-state index in [1.807, 2.05) is 20.8 Å². The van der Waals surface area contributed by atoms with Crippen LogP contribution in [-0.4, -0.2) is 104 Å². The van der Waals surface area contributed by atoms with Crippen molar-refractivity contribution in [2.75, 3.05) is 66.0 Å². The summed E-state index contributed by atoms with van der Waals surface area (Å²) in [5, 5.41) is 3.60. The zero-order valence-electron chi connectivity index (χ0n) is 21.0. The van der Waals surface area contributed by atoms with Crippen molar-refractivity contribution in [2.45, 2.75) is 59.6 Å². The summed E-state index contributed by atoms with van der Waals surface area (Å²) in [5.74, 6) is -0.586. The topological polar surface area (TPSA) is 111 Å². The highest BCUT2D eigenvalue weighted by Crippen LogP contribution is 2.17. The predicted molar refractivity (Wildman–Crippen MR) is 124 cm³/mol. The second-order valence-electron chi connectivity index (χ2n) is 10.5. The predicted octanol–water partition coefficient (Wildman–Crippen LogP) is 2.54. The van der Waals surface area contributed by atoms with Crippen LogP contribution < -0.4 is 0 Å². The molecule has 32 heavy (non-hydrogen) atoms. The lowest BCUT2D eigenvalue weighted by Crippen LogP contribution is -2.48. The molecule has 10 nitrogen and oxygen atoms in total. The van der Waals surface area contributed by atoms with Crippen LogP contribution in [-0.2, 0) is 19.1 Å². The highest BCUT2D eigenvalue weighted by molar-refractivity contribution is 5.75. The molecule has 0 radical (unpaired) electrons. The zero-order chi connectivity index (χ0) is 24.4. The molecular formula is C22H42N6O4. The van der Waals surface area contributed by atoms with Gasteiger partial charge in [-0.25, -0.2) is 0 Å². The molecule has 1 unspecified atom stereocenters. The van der Waals surface area contributed by atoms with Gasteiger partial charge in [-0.05, 0) is 38.1 Å². The molecule has 1 rings (SSSR count). The van der Waals surface area contributed by atoms with Crippen LogP contribution in [0.2, 0.25) is 0 Å². The van der Waals surface area contributed by atoms with Gasteiger partial charge < -0.3 is 14.4 Å². The number of carbonyl (C=O) groups excluding carboxylic acids is 2. The zero-order valence-corrected chi connectivity index (χ0v) is 21.0. The maximum atomic E-state index is 12.5. The molecule has 0 saturated carbocycles. The minimum atomic E-state index is -0.530. The van der Waals surface area contributed by atoms with Gasteiger partial charge in [-0.15, -0.1) is 0 Å². The second-order valence-corrected chi connectivity index (χ2v) is 10.5. The van der Waals surface area contributed by atoms with Gasteiger partial charge in [0.25, 0.3) is 0 Å². The highest BCUT2D eigenvalue weighted by atomic mass is 16.6. The van der Waals surface area contributed by atoms with Gasteiger partial charge in [0, 0.05) is 57.3 Å². The highest BCUT2D eigenvalue weighted by Gasteiger charge is 2.29. The van der Waals surface area contributed by atoms with Crippen molar-refractivity contribution in [2.24, 2.45) is 10.5 Å². The molecule has 0 spiro atoms. The van der Waals surface area contributed by atoms with E-state index in [4.69, 9.17) is 15.0 Å². The number of nitrogens with zero attached hydrogens (tertiary/aromatic N) is 6. The first-order valence-electron chi connectivity index (χ1n) is 11.3. The molecule has 1 atom stereocenters. The molecule has 1 aliphatic rings. The van der Waals surface area contributed by atoms with Crippen LogP contribution >= 0.6 is 0 Å². The molecule has 10 heteroatoms. The Balaban J connectivity index is 3.02. The third kappa shape index (κ3) is 11.7. The summed E-state index contributed by atoms with van der Waals surface area (Å²) < 4.78 is 10.6. The Morgan fingerprint density at radius 2 is 1.56 bits per heavy atom. The number of esters is 2. The third-order valence-corrected chi connectivity index (χ3v) is 5.09. The van der Waals surface area contributed by atoms with Gasteiger partial charge in [-0.1, -0.05) is 25.9 Å². The van der Waals surface area contributed by atoms with Gasteiger partial charge in [0.2, 0.25) is 0 Å². The van der Waals surface area contributed by atoms with E-state index in [0.717, 1.165) is 26.2 Å². The molecule has 1 heterocycles. The number of ether oxygens (including phenoxy) is 2. The summed E-state index contributed by atoms with van der Waals surface area (Å²) in [4.78, 5) is 34.3. The molecule has 0 aliphatic carbocycles. The van der Waals surface area contributed by atoms with E-state index in [1.165, 1.54) is 7.11 Å². The Hall–Kier alpha value is -1.87. The number of methoxy groups -OCH3 is 1. The van der Waals surface area contributed by atoms with Crippen molar-refractivity contribution in [3.63, 3.8) is 0 Å². The molecule has 1 aliphatic heterocycles. The Kier molecular flexibility index (Phi) is 11.4. The van der Waals surface area contributed by atoms with Crippen LogP contribution in [0.4, 0.5) is 0 Å². The summed E-state index contributed by atoms with van der Waals surface area (Å²) in [6.45, 7) is 17.8. The van der Waals surface area contributed by atoms with Gasteiger partial charge in [0.15, 0.2) is 0 Å². The van der Waals surface area contributed by atoms with Crippen LogP contribution in [0.3, 0.4) is 0 Å². The van der Waals surface area contributed by atoms with Crippen molar-refractivity contribution in [1.82, 2.24) is 14.7 Å². The van der Waals surface area contributed by atoms with Crippen LogP contribution in [0.1, 0.15) is 48.0 Å². The van der Waals surface area contributed by atoms with E-state index in [0.29, 0.717) is 26.1 Å². The first-order valence-corrected chi connectivity index (χ1v) is 11.3. The monoisotopic (exact) mass is 454 g/mol. The molecular weight excluding hydrogens is 412 g/mol. The van der Waals surface area contributed by atoms with Crippen LogP contribution in [0, 0.1) is 5.41 Å². The lowest BCUT2D eigenvalue weighted by molar-refractivity contribution is -0.156. The minimum Gasteiger partial charge on any atom is -0.468 e. The largest absolute Gasteiger partial charge is 0.468 e. The fourth-order valence-corrected chi connectivity index (χ4v) is 3.82. The number of azide groups is 1. The number of carbonyl (C=O) groups is 2. The van der Waals surface area contributed by atoms with E-state index in [2.05, 4.69) is 45.5 Å². The standard InChI is InChI=1S/C22H42N6O4/c1-21(2,3)17-27-11-10-26(16-19(29)32-22(4,5)6)12-14-28(15-13-27)18(20(30)31-7)8-9-24-25-23/h18H,8-17H2,1-7H3. The Morgan fingerprint density at radius 3 is 2.09 bits per heavy atom. The van der Waals surface area contributed by atoms with E-state index in [-0.39, 0.29) is 30.4 Å². The Morgan fingerprint density at radius 1 is 1.00 bits per heavy atom. The number of hydrogen-bond acceptors (Lipinski definition) is 8. The van der Waals surface area contributed by atoms with E-state index in [9.17, 15) is 9.59 Å². The summed E-state index contributed by atoms with van der Waals surface area (Å²) in [6, 6.07) is -0.497. The average molecular weight is 455 g/mol. The first kappa shape index (κ1) is 28.2. The van der Waals surface area contributed by atoms with Crippen molar-refractivity contribution >= 4 is 11.9 Å². The van der Waals surface area contributed by atoms with Gasteiger partial charge in [-0.2, -0.15) is 0 Å². The van der Waals surface area contributed by atoms with Crippen LogP contribution in [0.25, 0.3) is 10.4 Å². The van der Waals surface area contributed by atoms with Crippen LogP contribution in [0.15, 0.2) is 5.11 Å². The fraction of sp³-hybridized carbons (Fsp3) is 0.909. The lowest BCUT2D eigenvalue weighted by Gasteiger charge is -2.33. The maximum absolute atomic E-state index is 12.5. The SMILES string of the molecule is COC(=O)C(CCN=[N+]=[N-])N1CCN(CC(=O)OC(C)(C)C)CCN(CC(C)(C)C)CC1. The average Bonchev–Trinajstić information content (AvgIpc) is 2.74. The van der Waals surface area contributed by atoms with Gasteiger partial charge in [-0.3, -0.25) is 19.4 Å².